The van der Waals surface area contributed by atoms with Crippen molar-refractivity contribution >= 4 is 31.6 Å². The Bertz CT molecular complexity index is 881. The van der Waals surface area contributed by atoms with Crippen LogP contribution in [0.2, 0.25) is 0 Å². The highest BCUT2D eigenvalue weighted by Crippen LogP contribution is 2.33. The van der Waals surface area contributed by atoms with E-state index in [9.17, 15) is 25.9 Å². The Kier molecular flexibility index (Phi) is 3.87. The van der Waals surface area contributed by atoms with E-state index in [4.69, 9.17) is 11.5 Å². The van der Waals surface area contributed by atoms with Gasteiger partial charge < -0.3 is 11.5 Å². The number of nitrogens with two attached hydrogens (primary N) is 2. The molecule has 0 amide bonds. The molecule has 0 unspecified atom stereocenters. The van der Waals surface area contributed by atoms with E-state index >= 15 is 0 Å². The molecule has 2 aromatic rings. The van der Waals surface area contributed by atoms with Crippen LogP contribution < -0.4 is 11.5 Å². The lowest BCUT2D eigenvalue weighted by molar-refractivity contribution is 0.482. The highest BCUT2D eigenvalue weighted by molar-refractivity contribution is 7.87. The molecule has 0 atom stereocenters. The molecule has 8 nitrogen and oxygen atoms in total. The van der Waals surface area contributed by atoms with E-state index in [-0.39, 0.29) is 5.56 Å². The van der Waals surface area contributed by atoms with Crippen molar-refractivity contribution in [2.45, 2.75) is 9.79 Å². The zero-order chi connectivity index (χ0) is 16.7. The van der Waals surface area contributed by atoms with Crippen molar-refractivity contribution in [2.75, 3.05) is 11.5 Å². The van der Waals surface area contributed by atoms with Gasteiger partial charge in [0.25, 0.3) is 20.2 Å². The maximum atomic E-state index is 11.3. The molecule has 0 saturated carbocycles. The van der Waals surface area contributed by atoms with Gasteiger partial charge in [0.15, 0.2) is 0 Å². The number of rotatable bonds is 3. The predicted octanol–water partition coefficient (Wildman–Crippen LogP) is 1.01. The van der Waals surface area contributed by atoms with Crippen LogP contribution in [0.3, 0.4) is 0 Å². The molecule has 0 saturated heterocycles. The molecule has 0 spiro atoms. The van der Waals surface area contributed by atoms with Crippen LogP contribution in [-0.2, 0) is 20.2 Å². The highest BCUT2D eigenvalue weighted by atomic mass is 32.2. The van der Waals surface area contributed by atoms with E-state index in [0.29, 0.717) is 11.3 Å². The van der Waals surface area contributed by atoms with Gasteiger partial charge in [0.05, 0.1) is 5.69 Å². The standard InChI is InChI=1S/C12H12N2O6S2/c13-9-3-1-7(2-4-9)8-5-10(21(15,16)17)12(14)11(6-8)22(18,19)20/h1-6H,13-14H2,(H,15,16,17)(H,18,19,20). The van der Waals surface area contributed by atoms with E-state index < -0.39 is 35.7 Å². The first-order chi connectivity index (χ1) is 10.00. The van der Waals surface area contributed by atoms with Crippen LogP contribution in [0.4, 0.5) is 11.4 Å². The molecule has 22 heavy (non-hydrogen) atoms. The molecule has 0 fully saturated rings. The third-order valence-electron chi connectivity index (χ3n) is 2.90. The number of nitrogen functional groups attached to an aromatic ring is 2. The molecule has 0 aromatic heterocycles. The molecule has 0 radical (unpaired) electrons. The third-order valence-corrected chi connectivity index (χ3v) is 4.69. The molecule has 6 N–H and O–H groups in total. The molecule has 0 aliphatic rings. The molecule has 118 valence electrons. The minimum Gasteiger partial charge on any atom is -0.399 e. The third kappa shape index (κ3) is 3.20. The van der Waals surface area contributed by atoms with Gasteiger partial charge in [-0.25, -0.2) is 0 Å². The van der Waals surface area contributed by atoms with Crippen molar-refractivity contribution < 1.29 is 25.9 Å². The van der Waals surface area contributed by atoms with Gasteiger partial charge >= 0.3 is 0 Å². The Morgan fingerprint density at radius 1 is 0.727 bits per heavy atom. The van der Waals surface area contributed by atoms with Crippen molar-refractivity contribution in [2.24, 2.45) is 0 Å². The van der Waals surface area contributed by atoms with E-state index in [1.165, 1.54) is 24.3 Å². The first kappa shape index (κ1) is 16.2. The van der Waals surface area contributed by atoms with Gasteiger partial charge in [-0.1, -0.05) is 12.1 Å². The van der Waals surface area contributed by atoms with Crippen molar-refractivity contribution in [1.82, 2.24) is 0 Å². The average molecular weight is 344 g/mol. The second-order valence-electron chi connectivity index (χ2n) is 4.46. The molecule has 10 heteroatoms. The van der Waals surface area contributed by atoms with E-state index in [0.717, 1.165) is 12.1 Å². The van der Waals surface area contributed by atoms with E-state index in [2.05, 4.69) is 0 Å². The number of anilines is 2. The molecule has 0 bridgehead atoms. The Hall–Kier alpha value is -2.14. The van der Waals surface area contributed by atoms with Gasteiger partial charge in [0.2, 0.25) is 0 Å². The molecule has 0 aliphatic carbocycles. The Labute approximate surface area is 126 Å². The fourth-order valence-corrected chi connectivity index (χ4v) is 3.26. The summed E-state index contributed by atoms with van der Waals surface area (Å²) in [5, 5.41) is 0. The fraction of sp³-hybridized carbons (Fsp3) is 0. The number of benzene rings is 2. The lowest BCUT2D eigenvalue weighted by Gasteiger charge is -2.11. The normalized spacial score (nSPS) is 12.3. The second kappa shape index (κ2) is 5.25. The first-order valence-corrected chi connectivity index (χ1v) is 8.62. The minimum atomic E-state index is -4.78. The van der Waals surface area contributed by atoms with Crippen LogP contribution in [0.5, 0.6) is 0 Å². The van der Waals surface area contributed by atoms with Crippen LogP contribution in [0, 0.1) is 0 Å². The lowest BCUT2D eigenvalue weighted by atomic mass is 10.1. The fourth-order valence-electron chi connectivity index (χ4n) is 1.87. The minimum absolute atomic E-state index is 0.120. The van der Waals surface area contributed by atoms with Gasteiger partial charge in [0, 0.05) is 5.69 Å². The molecular formula is C12H12N2O6S2. The number of hydrogen-bond donors (Lipinski definition) is 4. The Balaban J connectivity index is 2.85. The Morgan fingerprint density at radius 3 is 1.50 bits per heavy atom. The summed E-state index contributed by atoms with van der Waals surface area (Å²) in [7, 11) is -9.56. The average Bonchev–Trinajstić information content (AvgIpc) is 2.37. The van der Waals surface area contributed by atoms with Gasteiger partial charge in [-0.15, -0.1) is 0 Å². The summed E-state index contributed by atoms with van der Waals surface area (Å²) < 4.78 is 63.7. The largest absolute Gasteiger partial charge is 0.399 e. The molecule has 2 rings (SSSR count). The van der Waals surface area contributed by atoms with Crippen LogP contribution in [0.25, 0.3) is 11.1 Å². The molecular weight excluding hydrogens is 332 g/mol. The van der Waals surface area contributed by atoms with Crippen molar-refractivity contribution in [3.63, 3.8) is 0 Å². The summed E-state index contributed by atoms with van der Waals surface area (Å²) in [6.45, 7) is 0. The Morgan fingerprint density at radius 2 is 1.14 bits per heavy atom. The summed E-state index contributed by atoms with van der Waals surface area (Å²) in [5.41, 5.74) is 11.2. The van der Waals surface area contributed by atoms with E-state index in [1.54, 1.807) is 0 Å². The summed E-state index contributed by atoms with van der Waals surface area (Å²) >= 11 is 0. The topological polar surface area (TPSA) is 161 Å². The van der Waals surface area contributed by atoms with Crippen LogP contribution in [0.1, 0.15) is 0 Å². The SMILES string of the molecule is Nc1ccc(-c2cc(S(=O)(=O)O)c(N)c(S(=O)(=O)O)c2)cc1. The lowest BCUT2D eigenvalue weighted by Crippen LogP contribution is -2.10. The predicted molar refractivity (Wildman–Crippen MR) is 80.3 cm³/mol. The highest BCUT2D eigenvalue weighted by Gasteiger charge is 2.24. The summed E-state index contributed by atoms with van der Waals surface area (Å²) in [4.78, 5) is -1.62. The van der Waals surface area contributed by atoms with Crippen LogP contribution >= 0.6 is 0 Å². The van der Waals surface area contributed by atoms with Gasteiger partial charge in [0.1, 0.15) is 9.79 Å². The molecule has 2 aromatic carbocycles. The smallest absolute Gasteiger partial charge is 0.296 e. The van der Waals surface area contributed by atoms with Crippen LogP contribution in [-0.4, -0.2) is 25.9 Å². The summed E-state index contributed by atoms with van der Waals surface area (Å²) in [6, 6.07) is 8.08. The first-order valence-electron chi connectivity index (χ1n) is 5.74. The quantitative estimate of drug-likeness (QED) is 0.474. The number of hydrogen-bond acceptors (Lipinski definition) is 6. The van der Waals surface area contributed by atoms with Crippen molar-refractivity contribution in [3.05, 3.63) is 36.4 Å². The maximum absolute atomic E-state index is 11.3. The van der Waals surface area contributed by atoms with Crippen molar-refractivity contribution in [3.8, 4) is 11.1 Å². The summed E-state index contributed by atoms with van der Waals surface area (Å²) in [6.07, 6.45) is 0. The zero-order valence-electron chi connectivity index (χ0n) is 11.0. The monoisotopic (exact) mass is 344 g/mol. The van der Waals surface area contributed by atoms with Gasteiger partial charge in [-0.2, -0.15) is 16.8 Å². The maximum Gasteiger partial charge on any atom is 0.296 e. The van der Waals surface area contributed by atoms with Crippen molar-refractivity contribution in [1.29, 1.82) is 0 Å². The molecule has 0 aliphatic heterocycles. The summed E-state index contributed by atoms with van der Waals surface area (Å²) in [5.74, 6) is 0. The second-order valence-corrected chi connectivity index (χ2v) is 7.24. The van der Waals surface area contributed by atoms with E-state index in [1.807, 2.05) is 0 Å². The van der Waals surface area contributed by atoms with Gasteiger partial charge in [-0.3, -0.25) is 9.11 Å². The van der Waals surface area contributed by atoms with Gasteiger partial charge in [-0.05, 0) is 35.4 Å². The zero-order valence-corrected chi connectivity index (χ0v) is 12.6. The van der Waals surface area contributed by atoms with Crippen LogP contribution in [0.15, 0.2) is 46.2 Å². The molecule has 0 heterocycles.